The molecule has 0 unspecified atom stereocenters. The Labute approximate surface area is 146 Å². The molecule has 1 amide bonds. The van der Waals surface area contributed by atoms with Gasteiger partial charge in [-0.3, -0.25) is 9.48 Å². The molecule has 1 atom stereocenters. The van der Waals surface area contributed by atoms with Crippen LogP contribution in [0.4, 0.5) is 5.95 Å². The number of nitrogens with one attached hydrogen (secondary N) is 1. The fourth-order valence-corrected chi connectivity index (χ4v) is 3.09. The molecule has 0 aromatic carbocycles. The van der Waals surface area contributed by atoms with Gasteiger partial charge in [0.15, 0.2) is 0 Å². The summed E-state index contributed by atoms with van der Waals surface area (Å²) < 4.78 is 1.71. The third-order valence-electron chi connectivity index (χ3n) is 4.60. The Morgan fingerprint density at radius 3 is 2.64 bits per heavy atom. The summed E-state index contributed by atoms with van der Waals surface area (Å²) in [5.74, 6) is 0.559. The molecular formula is C17H24N6O2. The van der Waals surface area contributed by atoms with Crippen molar-refractivity contribution in [3.8, 4) is 0 Å². The van der Waals surface area contributed by atoms with Gasteiger partial charge in [-0.1, -0.05) is 0 Å². The van der Waals surface area contributed by atoms with Crippen molar-refractivity contribution in [2.75, 3.05) is 19.0 Å². The molecule has 2 aromatic rings. The van der Waals surface area contributed by atoms with Crippen LogP contribution >= 0.6 is 0 Å². The van der Waals surface area contributed by atoms with Crippen LogP contribution in [-0.2, 0) is 7.05 Å². The molecule has 2 heterocycles. The summed E-state index contributed by atoms with van der Waals surface area (Å²) in [4.78, 5) is 23.2. The number of anilines is 1. The van der Waals surface area contributed by atoms with E-state index in [1.807, 2.05) is 27.3 Å². The van der Waals surface area contributed by atoms with Gasteiger partial charge in [-0.25, -0.2) is 9.97 Å². The summed E-state index contributed by atoms with van der Waals surface area (Å²) in [5, 5.41) is 16.9. The summed E-state index contributed by atoms with van der Waals surface area (Å²) in [6, 6.07) is -0.183. The second-order valence-corrected chi connectivity index (χ2v) is 6.85. The molecule has 8 nitrogen and oxygen atoms in total. The van der Waals surface area contributed by atoms with E-state index in [0.717, 1.165) is 5.56 Å². The number of aromatic nitrogens is 4. The lowest BCUT2D eigenvalue weighted by molar-refractivity contribution is 0.0235. The van der Waals surface area contributed by atoms with Gasteiger partial charge in [-0.2, -0.15) is 5.10 Å². The van der Waals surface area contributed by atoms with E-state index >= 15 is 0 Å². The zero-order valence-corrected chi connectivity index (χ0v) is 15.0. The highest BCUT2D eigenvalue weighted by Gasteiger charge is 2.36. The minimum atomic E-state index is -0.287. The van der Waals surface area contributed by atoms with Crippen molar-refractivity contribution in [3.63, 3.8) is 0 Å². The van der Waals surface area contributed by atoms with Crippen molar-refractivity contribution in [1.29, 1.82) is 0 Å². The maximum atomic E-state index is 12.8. The average Bonchev–Trinajstić information content (AvgIpc) is 2.95. The summed E-state index contributed by atoms with van der Waals surface area (Å²) in [5.41, 5.74) is 2.03. The first-order valence-electron chi connectivity index (χ1n) is 8.33. The van der Waals surface area contributed by atoms with Crippen molar-refractivity contribution in [2.45, 2.75) is 31.9 Å². The molecule has 0 radical (unpaired) electrons. The molecule has 2 N–H and O–H groups in total. The lowest BCUT2D eigenvalue weighted by Crippen LogP contribution is -2.41. The Morgan fingerprint density at radius 1 is 1.40 bits per heavy atom. The molecule has 2 aromatic heterocycles. The molecular weight excluding hydrogens is 320 g/mol. The monoisotopic (exact) mass is 344 g/mol. The smallest absolute Gasteiger partial charge is 0.255 e. The number of aryl methyl sites for hydroxylation is 2. The SMILES string of the molecule is Cc1nc(N(C)C)ncc1C(=O)N[C@@H](c1cnn(C)c1)C1CC(O)C1. The molecule has 1 fully saturated rings. The van der Waals surface area contributed by atoms with E-state index in [9.17, 15) is 9.90 Å². The van der Waals surface area contributed by atoms with Gasteiger partial charge in [0, 0.05) is 39.1 Å². The predicted molar refractivity (Wildman–Crippen MR) is 93.2 cm³/mol. The van der Waals surface area contributed by atoms with Gasteiger partial charge in [0.05, 0.1) is 29.6 Å². The molecule has 134 valence electrons. The van der Waals surface area contributed by atoms with Crippen LogP contribution in [0.15, 0.2) is 18.6 Å². The quantitative estimate of drug-likeness (QED) is 0.834. The van der Waals surface area contributed by atoms with Crippen LogP contribution in [0.5, 0.6) is 0 Å². The number of carbonyl (C=O) groups is 1. The van der Waals surface area contributed by atoms with Gasteiger partial charge in [0.25, 0.3) is 5.91 Å². The molecule has 8 heteroatoms. The van der Waals surface area contributed by atoms with Crippen molar-refractivity contribution in [3.05, 3.63) is 35.4 Å². The van der Waals surface area contributed by atoms with Crippen molar-refractivity contribution in [2.24, 2.45) is 13.0 Å². The second-order valence-electron chi connectivity index (χ2n) is 6.85. The first kappa shape index (κ1) is 17.3. The molecule has 1 saturated carbocycles. The number of aliphatic hydroxyl groups excluding tert-OH is 1. The second kappa shape index (κ2) is 6.79. The zero-order valence-electron chi connectivity index (χ0n) is 15.0. The minimum absolute atomic E-state index is 0.183. The third kappa shape index (κ3) is 3.63. The lowest BCUT2D eigenvalue weighted by Gasteiger charge is -2.37. The first-order valence-corrected chi connectivity index (χ1v) is 8.33. The summed E-state index contributed by atoms with van der Waals surface area (Å²) in [7, 11) is 5.56. The highest BCUT2D eigenvalue weighted by atomic mass is 16.3. The Hall–Kier alpha value is -2.48. The Kier molecular flexibility index (Phi) is 4.71. The van der Waals surface area contributed by atoms with Crippen molar-refractivity contribution >= 4 is 11.9 Å². The molecule has 25 heavy (non-hydrogen) atoms. The maximum absolute atomic E-state index is 12.8. The number of aliphatic hydroxyl groups is 1. The van der Waals surface area contributed by atoms with E-state index in [1.54, 1.807) is 28.9 Å². The summed E-state index contributed by atoms with van der Waals surface area (Å²) in [6.45, 7) is 1.80. The van der Waals surface area contributed by atoms with Crippen LogP contribution in [0.25, 0.3) is 0 Å². The molecule has 0 bridgehead atoms. The molecule has 1 aliphatic rings. The normalized spacial score (nSPS) is 20.7. The van der Waals surface area contributed by atoms with Crippen LogP contribution < -0.4 is 10.2 Å². The maximum Gasteiger partial charge on any atom is 0.255 e. The average molecular weight is 344 g/mol. The van der Waals surface area contributed by atoms with Gasteiger partial charge in [0.2, 0.25) is 5.95 Å². The highest BCUT2D eigenvalue weighted by molar-refractivity contribution is 5.95. The van der Waals surface area contributed by atoms with E-state index in [0.29, 0.717) is 30.0 Å². The molecule has 0 saturated heterocycles. The fraction of sp³-hybridized carbons (Fsp3) is 0.529. The van der Waals surface area contributed by atoms with Gasteiger partial charge in [-0.05, 0) is 25.7 Å². The lowest BCUT2D eigenvalue weighted by atomic mass is 9.75. The standard InChI is InChI=1S/C17H24N6O2/c1-10-14(8-18-17(20-10)22(2)3)16(25)21-15(11-5-13(24)6-11)12-7-19-23(4)9-12/h7-9,11,13,15,24H,5-6H2,1-4H3,(H,21,25)/t11?,13?,15-/m1/s1. The number of amides is 1. The van der Waals surface area contributed by atoms with E-state index in [2.05, 4.69) is 20.4 Å². The van der Waals surface area contributed by atoms with E-state index in [4.69, 9.17) is 0 Å². The predicted octanol–water partition coefficient (Wildman–Crippen LogP) is 0.827. The van der Waals surface area contributed by atoms with Gasteiger partial charge in [-0.15, -0.1) is 0 Å². The van der Waals surface area contributed by atoms with Crippen LogP contribution in [-0.4, -0.2) is 51.0 Å². The highest BCUT2D eigenvalue weighted by Crippen LogP contribution is 2.38. The molecule has 1 aliphatic carbocycles. The minimum Gasteiger partial charge on any atom is -0.393 e. The molecule has 3 rings (SSSR count). The van der Waals surface area contributed by atoms with E-state index in [-0.39, 0.29) is 24.0 Å². The molecule has 0 spiro atoms. The van der Waals surface area contributed by atoms with Crippen LogP contribution in [0.2, 0.25) is 0 Å². The first-order chi connectivity index (χ1) is 11.8. The van der Waals surface area contributed by atoms with E-state index < -0.39 is 0 Å². The fourth-order valence-electron chi connectivity index (χ4n) is 3.09. The number of hydrogen-bond acceptors (Lipinski definition) is 6. The van der Waals surface area contributed by atoms with Crippen LogP contribution in [0.3, 0.4) is 0 Å². The Morgan fingerprint density at radius 2 is 2.12 bits per heavy atom. The van der Waals surface area contributed by atoms with Crippen molar-refractivity contribution in [1.82, 2.24) is 25.1 Å². The van der Waals surface area contributed by atoms with Gasteiger partial charge < -0.3 is 15.3 Å². The Bertz CT molecular complexity index is 766. The van der Waals surface area contributed by atoms with Crippen LogP contribution in [0.1, 0.15) is 40.5 Å². The number of carbonyl (C=O) groups excluding carboxylic acids is 1. The Balaban J connectivity index is 1.81. The zero-order chi connectivity index (χ0) is 18.1. The van der Waals surface area contributed by atoms with E-state index in [1.165, 1.54) is 0 Å². The number of rotatable bonds is 5. The van der Waals surface area contributed by atoms with Gasteiger partial charge >= 0.3 is 0 Å². The number of nitrogens with zero attached hydrogens (tertiary/aromatic N) is 5. The topological polar surface area (TPSA) is 96.2 Å². The number of hydrogen-bond donors (Lipinski definition) is 2. The van der Waals surface area contributed by atoms with Crippen molar-refractivity contribution < 1.29 is 9.90 Å². The van der Waals surface area contributed by atoms with Crippen LogP contribution in [0, 0.1) is 12.8 Å². The molecule has 0 aliphatic heterocycles. The van der Waals surface area contributed by atoms with Gasteiger partial charge in [0.1, 0.15) is 0 Å². The summed E-state index contributed by atoms with van der Waals surface area (Å²) in [6.07, 6.45) is 6.28. The largest absolute Gasteiger partial charge is 0.393 e. The summed E-state index contributed by atoms with van der Waals surface area (Å²) >= 11 is 0. The third-order valence-corrected chi connectivity index (χ3v) is 4.60.